The highest BCUT2D eigenvalue weighted by atomic mass is 16.5. The Morgan fingerprint density at radius 2 is 2.21 bits per heavy atom. The third-order valence-corrected chi connectivity index (χ3v) is 4.48. The number of pyridine rings is 1. The van der Waals surface area contributed by atoms with Crippen LogP contribution in [0.1, 0.15) is 17.8 Å². The van der Waals surface area contributed by atoms with Crippen molar-refractivity contribution in [1.29, 1.82) is 0 Å². The molecule has 0 saturated carbocycles. The van der Waals surface area contributed by atoms with E-state index in [9.17, 15) is 4.79 Å². The van der Waals surface area contributed by atoms with Gasteiger partial charge in [-0.15, -0.1) is 0 Å². The van der Waals surface area contributed by atoms with Crippen molar-refractivity contribution in [2.24, 2.45) is 0 Å². The zero-order valence-electron chi connectivity index (χ0n) is 13.5. The van der Waals surface area contributed by atoms with Crippen LogP contribution in [0.5, 0.6) is 0 Å². The predicted molar refractivity (Wildman–Crippen MR) is 89.8 cm³/mol. The van der Waals surface area contributed by atoms with Gasteiger partial charge in [-0.3, -0.25) is 9.69 Å². The molecule has 0 spiro atoms. The zero-order valence-corrected chi connectivity index (χ0v) is 13.5. The molecular weight excluding hydrogens is 306 g/mol. The minimum Gasteiger partial charge on any atom is -0.338 e. The van der Waals surface area contributed by atoms with Crippen molar-refractivity contribution < 1.29 is 4.52 Å². The van der Waals surface area contributed by atoms with Gasteiger partial charge in [-0.1, -0.05) is 17.3 Å². The molecule has 7 nitrogen and oxygen atoms in total. The molecular formula is C17H19N5O2. The van der Waals surface area contributed by atoms with Gasteiger partial charge in [0.15, 0.2) is 11.3 Å². The van der Waals surface area contributed by atoms with E-state index < -0.39 is 0 Å². The number of piperazine rings is 1. The van der Waals surface area contributed by atoms with Crippen LogP contribution in [0.2, 0.25) is 0 Å². The third-order valence-electron chi connectivity index (χ3n) is 4.48. The SMILES string of the molecule is CN1CCNCC1c1noc(Cn2ccc(=O)c3ccccc32)n1. The van der Waals surface area contributed by atoms with Gasteiger partial charge in [0.2, 0.25) is 5.89 Å². The molecule has 1 atom stereocenters. The summed E-state index contributed by atoms with van der Waals surface area (Å²) < 4.78 is 7.39. The lowest BCUT2D eigenvalue weighted by Gasteiger charge is -2.30. The first-order valence-corrected chi connectivity index (χ1v) is 8.04. The topological polar surface area (TPSA) is 76.2 Å². The molecule has 24 heavy (non-hydrogen) atoms. The fourth-order valence-corrected chi connectivity index (χ4v) is 3.11. The van der Waals surface area contributed by atoms with E-state index in [1.165, 1.54) is 0 Å². The monoisotopic (exact) mass is 325 g/mol. The van der Waals surface area contributed by atoms with Gasteiger partial charge in [-0.2, -0.15) is 4.98 Å². The van der Waals surface area contributed by atoms with E-state index in [0.717, 1.165) is 25.2 Å². The van der Waals surface area contributed by atoms with Gasteiger partial charge >= 0.3 is 0 Å². The third kappa shape index (κ3) is 2.72. The lowest BCUT2D eigenvalue weighted by Crippen LogP contribution is -2.44. The Morgan fingerprint density at radius 1 is 1.33 bits per heavy atom. The Morgan fingerprint density at radius 3 is 3.08 bits per heavy atom. The number of rotatable bonds is 3. The van der Waals surface area contributed by atoms with Crippen molar-refractivity contribution in [3.8, 4) is 0 Å². The molecule has 4 rings (SSSR count). The summed E-state index contributed by atoms with van der Waals surface area (Å²) in [6.45, 7) is 3.19. The number of nitrogens with one attached hydrogen (secondary N) is 1. The molecule has 1 aromatic carbocycles. The maximum atomic E-state index is 12.0. The maximum Gasteiger partial charge on any atom is 0.246 e. The fraction of sp³-hybridized carbons (Fsp3) is 0.353. The van der Waals surface area contributed by atoms with Crippen molar-refractivity contribution in [3.05, 3.63) is 58.5 Å². The van der Waals surface area contributed by atoms with E-state index in [1.807, 2.05) is 28.8 Å². The number of hydrogen-bond donors (Lipinski definition) is 1. The smallest absolute Gasteiger partial charge is 0.246 e. The van der Waals surface area contributed by atoms with Crippen LogP contribution >= 0.6 is 0 Å². The first-order valence-electron chi connectivity index (χ1n) is 8.04. The van der Waals surface area contributed by atoms with Crippen molar-refractivity contribution >= 4 is 10.9 Å². The van der Waals surface area contributed by atoms with E-state index >= 15 is 0 Å². The molecule has 3 heterocycles. The fourth-order valence-electron chi connectivity index (χ4n) is 3.11. The van der Waals surface area contributed by atoms with Crippen LogP contribution < -0.4 is 10.7 Å². The molecule has 3 aromatic rings. The first-order chi connectivity index (χ1) is 11.7. The van der Waals surface area contributed by atoms with Crippen LogP contribution in [0.25, 0.3) is 10.9 Å². The van der Waals surface area contributed by atoms with Crippen LogP contribution in [0.3, 0.4) is 0 Å². The highest BCUT2D eigenvalue weighted by Gasteiger charge is 2.25. The molecule has 1 aliphatic rings. The molecule has 0 bridgehead atoms. The second kappa shape index (κ2) is 6.18. The van der Waals surface area contributed by atoms with Crippen molar-refractivity contribution in [3.63, 3.8) is 0 Å². The lowest BCUT2D eigenvalue weighted by molar-refractivity contribution is 0.190. The van der Waals surface area contributed by atoms with Crippen LogP contribution in [0.15, 0.2) is 45.8 Å². The number of likely N-dealkylation sites (N-methyl/N-ethyl adjacent to an activating group) is 1. The lowest BCUT2D eigenvalue weighted by atomic mass is 10.2. The van der Waals surface area contributed by atoms with E-state index in [-0.39, 0.29) is 11.5 Å². The molecule has 124 valence electrons. The van der Waals surface area contributed by atoms with E-state index in [2.05, 4.69) is 27.4 Å². The molecule has 1 N–H and O–H groups in total. The second-order valence-corrected chi connectivity index (χ2v) is 6.07. The summed E-state index contributed by atoms with van der Waals surface area (Å²) in [5, 5.41) is 8.18. The summed E-state index contributed by atoms with van der Waals surface area (Å²) in [5.74, 6) is 1.24. The zero-order chi connectivity index (χ0) is 16.5. The average molecular weight is 325 g/mol. The number of fused-ring (bicyclic) bond motifs is 1. The first kappa shape index (κ1) is 15.0. The number of para-hydroxylation sites is 1. The van der Waals surface area contributed by atoms with Gasteiger partial charge < -0.3 is 14.4 Å². The Labute approximate surface area is 138 Å². The number of benzene rings is 1. The molecule has 2 aromatic heterocycles. The van der Waals surface area contributed by atoms with Crippen molar-refractivity contribution in [2.75, 3.05) is 26.7 Å². The van der Waals surface area contributed by atoms with E-state index in [1.54, 1.807) is 12.3 Å². The standard InChI is InChI=1S/C17H19N5O2/c1-21-9-7-18-10-14(21)17-19-16(24-20-17)11-22-8-6-15(23)12-4-2-3-5-13(12)22/h2-6,8,14,18H,7,9-11H2,1H3. The van der Waals surface area contributed by atoms with Gasteiger partial charge in [0.25, 0.3) is 0 Å². The Balaban J connectivity index is 1.63. The average Bonchev–Trinajstić information content (AvgIpc) is 3.06. The summed E-state index contributed by atoms with van der Waals surface area (Å²) in [7, 11) is 2.07. The van der Waals surface area contributed by atoms with Crippen molar-refractivity contribution in [1.82, 2.24) is 24.9 Å². The molecule has 0 amide bonds. The molecule has 1 aliphatic heterocycles. The van der Waals surface area contributed by atoms with E-state index in [4.69, 9.17) is 4.52 Å². The van der Waals surface area contributed by atoms with Crippen LogP contribution in [-0.2, 0) is 6.54 Å². The number of nitrogens with zero attached hydrogens (tertiary/aromatic N) is 4. The number of hydrogen-bond acceptors (Lipinski definition) is 6. The van der Waals surface area contributed by atoms with Crippen LogP contribution in [0, 0.1) is 0 Å². The van der Waals surface area contributed by atoms with Gasteiger partial charge in [-0.25, -0.2) is 0 Å². The second-order valence-electron chi connectivity index (χ2n) is 6.07. The molecule has 7 heteroatoms. The minimum atomic E-state index is 0.0166. The normalized spacial score (nSPS) is 19.0. The Hall–Kier alpha value is -2.51. The van der Waals surface area contributed by atoms with Crippen LogP contribution in [-0.4, -0.2) is 46.3 Å². The molecule has 1 fully saturated rings. The summed E-state index contributed by atoms with van der Waals surface area (Å²) in [4.78, 5) is 18.7. The van der Waals surface area contributed by atoms with Crippen molar-refractivity contribution in [2.45, 2.75) is 12.6 Å². The summed E-state index contributed by atoms with van der Waals surface area (Å²) in [5.41, 5.74) is 0.879. The number of aromatic nitrogens is 3. The summed E-state index contributed by atoms with van der Waals surface area (Å²) in [6.07, 6.45) is 1.77. The van der Waals surface area contributed by atoms with Gasteiger partial charge in [0, 0.05) is 37.3 Å². The Kier molecular flexibility index (Phi) is 3.87. The maximum absolute atomic E-state index is 12.0. The largest absolute Gasteiger partial charge is 0.338 e. The van der Waals surface area contributed by atoms with Gasteiger partial charge in [0.1, 0.15) is 6.54 Å². The van der Waals surface area contributed by atoms with E-state index in [0.29, 0.717) is 23.6 Å². The van der Waals surface area contributed by atoms with Gasteiger partial charge in [-0.05, 0) is 19.2 Å². The highest BCUT2D eigenvalue weighted by Crippen LogP contribution is 2.18. The molecule has 1 saturated heterocycles. The summed E-state index contributed by atoms with van der Waals surface area (Å²) >= 11 is 0. The van der Waals surface area contributed by atoms with Gasteiger partial charge in [0.05, 0.1) is 11.6 Å². The molecule has 0 aliphatic carbocycles. The predicted octanol–water partition coefficient (Wildman–Crippen LogP) is 1.01. The minimum absolute atomic E-state index is 0.0166. The highest BCUT2D eigenvalue weighted by molar-refractivity contribution is 5.78. The summed E-state index contributed by atoms with van der Waals surface area (Å²) in [6, 6.07) is 9.23. The van der Waals surface area contributed by atoms with Crippen LogP contribution in [0.4, 0.5) is 0 Å². The molecule has 0 radical (unpaired) electrons. The Bertz CT molecular complexity index is 916. The quantitative estimate of drug-likeness (QED) is 0.774. The molecule has 1 unspecified atom stereocenters.